The second-order valence-corrected chi connectivity index (χ2v) is 6.52. The van der Waals surface area contributed by atoms with Gasteiger partial charge in [0.05, 0.1) is 0 Å². The number of esters is 1. The molecule has 0 spiro atoms. The van der Waals surface area contributed by atoms with Crippen molar-refractivity contribution >= 4 is 5.97 Å². The highest BCUT2D eigenvalue weighted by Crippen LogP contribution is 2.57. The van der Waals surface area contributed by atoms with Gasteiger partial charge in [-0.05, 0) is 37.5 Å². The second-order valence-electron chi connectivity index (χ2n) is 6.52. The van der Waals surface area contributed by atoms with Crippen LogP contribution in [0.3, 0.4) is 0 Å². The first-order valence-electron chi connectivity index (χ1n) is 6.94. The molecule has 0 bridgehead atoms. The Balaban J connectivity index is 2.00. The minimum Gasteiger partial charge on any atom is -0.458 e. The Bertz CT molecular complexity index is 373. The van der Waals surface area contributed by atoms with E-state index in [4.69, 9.17) is 4.74 Å². The zero-order chi connectivity index (χ0) is 12.2. The van der Waals surface area contributed by atoms with Crippen LogP contribution in [0, 0.1) is 23.2 Å². The molecule has 3 rings (SSSR count). The Morgan fingerprint density at radius 3 is 2.88 bits per heavy atom. The molecule has 2 nitrogen and oxygen atoms in total. The third-order valence-corrected chi connectivity index (χ3v) is 5.66. The lowest BCUT2D eigenvalue weighted by molar-refractivity contribution is -0.146. The number of ether oxygens (including phenoxy) is 1. The van der Waals surface area contributed by atoms with Gasteiger partial charge in [0.2, 0.25) is 0 Å². The van der Waals surface area contributed by atoms with Crippen molar-refractivity contribution in [2.45, 2.75) is 52.1 Å². The Hall–Kier alpha value is -0.790. The van der Waals surface area contributed by atoms with E-state index >= 15 is 0 Å². The molecule has 1 heterocycles. The van der Waals surface area contributed by atoms with Crippen LogP contribution in [-0.4, -0.2) is 12.1 Å². The highest BCUT2D eigenvalue weighted by Gasteiger charge is 2.56. The summed E-state index contributed by atoms with van der Waals surface area (Å²) in [5, 5.41) is 0. The summed E-state index contributed by atoms with van der Waals surface area (Å²) in [7, 11) is 0. The quantitative estimate of drug-likeness (QED) is 0.475. The van der Waals surface area contributed by atoms with E-state index in [2.05, 4.69) is 20.4 Å². The maximum Gasteiger partial charge on any atom is 0.334 e. The van der Waals surface area contributed by atoms with Crippen molar-refractivity contribution in [2.24, 2.45) is 23.2 Å². The number of carbonyl (C=O) groups excluding carboxylic acids is 1. The predicted octanol–water partition coefficient (Wildman–Crippen LogP) is 3.32. The summed E-state index contributed by atoms with van der Waals surface area (Å²) in [6.45, 7) is 8.68. The van der Waals surface area contributed by atoms with Gasteiger partial charge in [0, 0.05) is 16.9 Å². The molecule has 0 aromatic heterocycles. The number of hydrogen-bond acceptors (Lipinski definition) is 2. The van der Waals surface area contributed by atoms with Gasteiger partial charge in [-0.15, -0.1) is 0 Å². The van der Waals surface area contributed by atoms with Crippen molar-refractivity contribution in [2.75, 3.05) is 0 Å². The Labute approximate surface area is 103 Å². The van der Waals surface area contributed by atoms with E-state index in [0.29, 0.717) is 0 Å². The van der Waals surface area contributed by atoms with Gasteiger partial charge in [-0.2, -0.15) is 0 Å². The zero-order valence-corrected chi connectivity index (χ0v) is 10.9. The summed E-state index contributed by atoms with van der Waals surface area (Å²) < 4.78 is 5.68. The highest BCUT2D eigenvalue weighted by molar-refractivity contribution is 5.90. The Morgan fingerprint density at radius 2 is 2.12 bits per heavy atom. The van der Waals surface area contributed by atoms with Crippen molar-refractivity contribution < 1.29 is 9.53 Å². The molecule has 2 heteroatoms. The van der Waals surface area contributed by atoms with Gasteiger partial charge < -0.3 is 4.74 Å². The van der Waals surface area contributed by atoms with Crippen LogP contribution in [0.15, 0.2) is 12.2 Å². The van der Waals surface area contributed by atoms with Crippen molar-refractivity contribution in [3.05, 3.63) is 12.2 Å². The maximum absolute atomic E-state index is 11.7. The summed E-state index contributed by atoms with van der Waals surface area (Å²) >= 11 is 0. The Morgan fingerprint density at radius 1 is 1.35 bits per heavy atom. The molecule has 0 aromatic rings. The number of hydrogen-bond donors (Lipinski definition) is 0. The molecule has 0 radical (unpaired) electrons. The van der Waals surface area contributed by atoms with Crippen molar-refractivity contribution in [1.29, 1.82) is 0 Å². The van der Waals surface area contributed by atoms with E-state index in [1.165, 1.54) is 25.7 Å². The molecule has 3 fully saturated rings. The molecule has 1 saturated heterocycles. The number of carbonyl (C=O) groups is 1. The average Bonchev–Trinajstić information content (AvgIpc) is 2.78. The first-order valence-corrected chi connectivity index (χ1v) is 6.94. The van der Waals surface area contributed by atoms with Crippen LogP contribution in [0.4, 0.5) is 0 Å². The Kier molecular flexibility index (Phi) is 2.39. The molecule has 0 N–H and O–H groups in total. The summed E-state index contributed by atoms with van der Waals surface area (Å²) in [4.78, 5) is 11.7. The van der Waals surface area contributed by atoms with Crippen LogP contribution in [0.1, 0.15) is 46.0 Å². The van der Waals surface area contributed by atoms with Crippen molar-refractivity contribution in [3.8, 4) is 0 Å². The van der Waals surface area contributed by atoms with E-state index in [9.17, 15) is 4.79 Å². The lowest BCUT2D eigenvalue weighted by Gasteiger charge is -2.38. The van der Waals surface area contributed by atoms with E-state index in [-0.39, 0.29) is 23.4 Å². The molecule has 17 heavy (non-hydrogen) atoms. The van der Waals surface area contributed by atoms with E-state index < -0.39 is 0 Å². The average molecular weight is 234 g/mol. The van der Waals surface area contributed by atoms with Gasteiger partial charge in [-0.1, -0.05) is 26.8 Å². The molecular formula is C15H22O2. The predicted molar refractivity (Wildman–Crippen MR) is 66.4 cm³/mol. The smallest absolute Gasteiger partial charge is 0.334 e. The standard InChI is InChI=1S/C15H22O2/c1-9-6-7-11-10(2)14(16)17-13(11)15(3)8-4-5-12(9)15/h9,11-13H,2,4-8H2,1,3H3. The third-order valence-electron chi connectivity index (χ3n) is 5.66. The van der Waals surface area contributed by atoms with E-state index in [1.54, 1.807) is 0 Å². The van der Waals surface area contributed by atoms with Crippen LogP contribution in [0.2, 0.25) is 0 Å². The molecule has 2 saturated carbocycles. The summed E-state index contributed by atoms with van der Waals surface area (Å²) in [5.74, 6) is 1.65. The fraction of sp³-hybridized carbons (Fsp3) is 0.800. The first-order chi connectivity index (χ1) is 8.04. The summed E-state index contributed by atoms with van der Waals surface area (Å²) in [6, 6.07) is 0. The second kappa shape index (κ2) is 3.60. The van der Waals surface area contributed by atoms with E-state index in [0.717, 1.165) is 23.8 Å². The monoisotopic (exact) mass is 234 g/mol. The number of fused-ring (bicyclic) bond motifs is 3. The van der Waals surface area contributed by atoms with Crippen LogP contribution < -0.4 is 0 Å². The normalized spacial score (nSPS) is 49.5. The summed E-state index contributed by atoms with van der Waals surface area (Å²) in [5.41, 5.74) is 0.936. The lowest BCUT2D eigenvalue weighted by Crippen LogP contribution is -2.39. The third kappa shape index (κ3) is 1.42. The largest absolute Gasteiger partial charge is 0.458 e. The molecule has 5 atom stereocenters. The topological polar surface area (TPSA) is 26.3 Å². The molecule has 3 aliphatic rings. The molecule has 5 unspecified atom stereocenters. The molecular weight excluding hydrogens is 212 g/mol. The number of rotatable bonds is 0. The fourth-order valence-corrected chi connectivity index (χ4v) is 4.68. The lowest BCUT2D eigenvalue weighted by atomic mass is 9.69. The highest BCUT2D eigenvalue weighted by atomic mass is 16.6. The SMILES string of the molecule is C=C1C(=O)OC2C1CCC(C)C1CCCC12C. The van der Waals surface area contributed by atoms with Gasteiger partial charge in [0.15, 0.2) is 0 Å². The molecule has 0 aromatic carbocycles. The minimum atomic E-state index is -0.138. The molecule has 2 aliphatic carbocycles. The molecule has 94 valence electrons. The first kappa shape index (κ1) is 11.3. The van der Waals surface area contributed by atoms with Crippen LogP contribution >= 0.6 is 0 Å². The minimum absolute atomic E-state index is 0.111. The van der Waals surface area contributed by atoms with Crippen molar-refractivity contribution in [1.82, 2.24) is 0 Å². The van der Waals surface area contributed by atoms with E-state index in [1.807, 2.05) is 0 Å². The van der Waals surface area contributed by atoms with Gasteiger partial charge >= 0.3 is 5.97 Å². The van der Waals surface area contributed by atoms with Crippen LogP contribution in [0.5, 0.6) is 0 Å². The molecule has 1 aliphatic heterocycles. The van der Waals surface area contributed by atoms with Gasteiger partial charge in [-0.25, -0.2) is 4.79 Å². The van der Waals surface area contributed by atoms with Gasteiger partial charge in [0.1, 0.15) is 6.10 Å². The van der Waals surface area contributed by atoms with Crippen molar-refractivity contribution in [3.63, 3.8) is 0 Å². The maximum atomic E-state index is 11.7. The van der Waals surface area contributed by atoms with Crippen LogP contribution in [-0.2, 0) is 9.53 Å². The van der Waals surface area contributed by atoms with Gasteiger partial charge in [0.25, 0.3) is 0 Å². The van der Waals surface area contributed by atoms with Gasteiger partial charge in [-0.3, -0.25) is 0 Å². The summed E-state index contributed by atoms with van der Waals surface area (Å²) in [6.07, 6.45) is 6.23. The fourth-order valence-electron chi connectivity index (χ4n) is 4.68. The molecule has 0 amide bonds. The van der Waals surface area contributed by atoms with Crippen LogP contribution in [0.25, 0.3) is 0 Å². The zero-order valence-electron chi connectivity index (χ0n) is 10.9.